The van der Waals surface area contributed by atoms with Crippen molar-refractivity contribution in [2.75, 3.05) is 49.6 Å². The summed E-state index contributed by atoms with van der Waals surface area (Å²) < 4.78 is 10.7. The second-order valence-electron chi connectivity index (χ2n) is 7.20. The summed E-state index contributed by atoms with van der Waals surface area (Å²) in [6.07, 6.45) is -0.299. The van der Waals surface area contributed by atoms with Gasteiger partial charge in [0.1, 0.15) is 16.6 Å². The molecule has 1 amide bonds. The summed E-state index contributed by atoms with van der Waals surface area (Å²) in [7, 11) is 0. The Hall–Kier alpha value is -1.80. The van der Waals surface area contributed by atoms with Crippen LogP contribution in [-0.4, -0.2) is 72.0 Å². The van der Waals surface area contributed by atoms with Gasteiger partial charge in [0.25, 0.3) is 0 Å². The molecule has 3 heterocycles. The van der Waals surface area contributed by atoms with Gasteiger partial charge in [-0.1, -0.05) is 11.6 Å². The van der Waals surface area contributed by atoms with Crippen molar-refractivity contribution in [3.8, 4) is 0 Å². The zero-order valence-electron chi connectivity index (χ0n) is 14.8. The van der Waals surface area contributed by atoms with Crippen molar-refractivity contribution in [1.29, 1.82) is 0 Å². The second kappa shape index (κ2) is 7.21. The van der Waals surface area contributed by atoms with Crippen molar-refractivity contribution in [3.05, 3.63) is 11.2 Å². The van der Waals surface area contributed by atoms with Crippen LogP contribution in [0.3, 0.4) is 0 Å². The minimum Gasteiger partial charge on any atom is -0.444 e. The Morgan fingerprint density at radius 3 is 2.64 bits per heavy atom. The van der Waals surface area contributed by atoms with E-state index in [1.54, 1.807) is 11.0 Å². The molecule has 9 heteroatoms. The third-order valence-corrected chi connectivity index (χ3v) is 4.08. The number of carbonyl (C=O) groups excluding carboxylic acids is 1. The lowest BCUT2D eigenvalue weighted by molar-refractivity contribution is 0.0104. The minimum atomic E-state index is -0.487. The van der Waals surface area contributed by atoms with Crippen LogP contribution in [0.15, 0.2) is 6.07 Å². The van der Waals surface area contributed by atoms with Crippen molar-refractivity contribution in [1.82, 2.24) is 14.9 Å². The maximum atomic E-state index is 12.0. The first-order valence-corrected chi connectivity index (χ1v) is 8.80. The highest BCUT2D eigenvalue weighted by Crippen LogP contribution is 2.22. The monoisotopic (exact) mass is 369 g/mol. The number of morpholine rings is 1. The zero-order valence-corrected chi connectivity index (χ0v) is 15.5. The third kappa shape index (κ3) is 4.85. The van der Waals surface area contributed by atoms with Crippen LogP contribution in [0.4, 0.5) is 16.6 Å². The van der Waals surface area contributed by atoms with Gasteiger partial charge in [-0.05, 0) is 20.8 Å². The fourth-order valence-corrected chi connectivity index (χ4v) is 2.83. The lowest BCUT2D eigenvalue weighted by Crippen LogP contribution is -2.58. The molecule has 2 saturated heterocycles. The smallest absolute Gasteiger partial charge is 0.410 e. The molecule has 1 aromatic heterocycles. The molecule has 138 valence electrons. The number of halogens is 1. The number of anilines is 2. The third-order valence-electron chi connectivity index (χ3n) is 3.88. The molecule has 0 saturated carbocycles. The molecule has 1 aromatic rings. The molecule has 1 N–H and O–H groups in total. The summed E-state index contributed by atoms with van der Waals surface area (Å²) in [5, 5.41) is 3.62. The van der Waals surface area contributed by atoms with Gasteiger partial charge in [-0.2, -0.15) is 4.98 Å². The Morgan fingerprint density at radius 2 is 2.00 bits per heavy atom. The maximum absolute atomic E-state index is 12.0. The minimum absolute atomic E-state index is 0.0866. The number of rotatable bonds is 3. The van der Waals surface area contributed by atoms with Crippen molar-refractivity contribution >= 4 is 29.5 Å². The van der Waals surface area contributed by atoms with E-state index in [0.717, 1.165) is 18.9 Å². The van der Waals surface area contributed by atoms with E-state index in [1.165, 1.54) is 0 Å². The molecule has 2 fully saturated rings. The van der Waals surface area contributed by atoms with Crippen LogP contribution in [0.25, 0.3) is 0 Å². The highest BCUT2D eigenvalue weighted by molar-refractivity contribution is 6.29. The average molecular weight is 370 g/mol. The molecule has 3 rings (SSSR count). The fourth-order valence-electron chi connectivity index (χ4n) is 2.65. The van der Waals surface area contributed by atoms with Crippen LogP contribution in [0.1, 0.15) is 20.8 Å². The molecule has 2 aliphatic rings. The van der Waals surface area contributed by atoms with E-state index in [4.69, 9.17) is 21.1 Å². The molecule has 25 heavy (non-hydrogen) atoms. The van der Waals surface area contributed by atoms with Crippen LogP contribution >= 0.6 is 11.6 Å². The summed E-state index contributed by atoms with van der Waals surface area (Å²) in [5.41, 5.74) is -0.487. The number of likely N-dealkylation sites (tertiary alicyclic amines) is 1. The largest absolute Gasteiger partial charge is 0.444 e. The SMILES string of the molecule is CC(C)(C)OC(=O)N1CC(Nc2nc(Cl)cc(N3CCOCC3)n2)C1. The number of ether oxygens (including phenoxy) is 2. The first-order valence-electron chi connectivity index (χ1n) is 8.42. The Bertz CT molecular complexity index is 625. The Labute approximate surface area is 152 Å². The van der Waals surface area contributed by atoms with E-state index in [1.807, 2.05) is 20.8 Å². The number of amides is 1. The van der Waals surface area contributed by atoms with E-state index >= 15 is 0 Å². The van der Waals surface area contributed by atoms with Crippen LogP contribution in [0.2, 0.25) is 5.15 Å². The van der Waals surface area contributed by atoms with E-state index in [9.17, 15) is 4.79 Å². The first kappa shape index (κ1) is 18.0. The highest BCUT2D eigenvalue weighted by Gasteiger charge is 2.34. The lowest BCUT2D eigenvalue weighted by Gasteiger charge is -2.40. The van der Waals surface area contributed by atoms with Gasteiger partial charge in [-0.3, -0.25) is 0 Å². The van der Waals surface area contributed by atoms with Crippen LogP contribution in [-0.2, 0) is 9.47 Å². The van der Waals surface area contributed by atoms with Gasteiger partial charge in [0, 0.05) is 32.2 Å². The zero-order chi connectivity index (χ0) is 18.0. The van der Waals surface area contributed by atoms with Gasteiger partial charge < -0.3 is 24.6 Å². The Kier molecular flexibility index (Phi) is 5.19. The number of hydrogen-bond donors (Lipinski definition) is 1. The van der Waals surface area contributed by atoms with E-state index in [0.29, 0.717) is 37.4 Å². The summed E-state index contributed by atoms with van der Waals surface area (Å²) in [4.78, 5) is 24.5. The highest BCUT2D eigenvalue weighted by atomic mass is 35.5. The molecule has 2 aliphatic heterocycles. The molecule has 0 unspecified atom stereocenters. The maximum Gasteiger partial charge on any atom is 0.410 e. The summed E-state index contributed by atoms with van der Waals surface area (Å²) in [6, 6.07) is 1.84. The van der Waals surface area contributed by atoms with Crippen LogP contribution < -0.4 is 10.2 Å². The number of hydrogen-bond acceptors (Lipinski definition) is 7. The van der Waals surface area contributed by atoms with Gasteiger partial charge >= 0.3 is 6.09 Å². The van der Waals surface area contributed by atoms with Gasteiger partial charge in [-0.25, -0.2) is 9.78 Å². The molecular weight excluding hydrogens is 346 g/mol. The van der Waals surface area contributed by atoms with Crippen LogP contribution in [0, 0.1) is 0 Å². The average Bonchev–Trinajstić information content (AvgIpc) is 2.49. The molecule has 0 atom stereocenters. The van der Waals surface area contributed by atoms with Crippen molar-refractivity contribution in [2.45, 2.75) is 32.4 Å². The van der Waals surface area contributed by atoms with Gasteiger partial charge in [0.2, 0.25) is 5.95 Å². The summed E-state index contributed by atoms with van der Waals surface area (Å²) in [5.74, 6) is 1.26. The molecular formula is C16H24ClN5O3. The molecule has 8 nitrogen and oxygen atoms in total. The topological polar surface area (TPSA) is 79.8 Å². The molecule has 0 spiro atoms. The van der Waals surface area contributed by atoms with Crippen molar-refractivity contribution in [2.24, 2.45) is 0 Å². The standard InChI is InChI=1S/C16H24ClN5O3/c1-16(2,3)25-15(23)22-9-11(10-22)18-14-19-12(17)8-13(20-14)21-4-6-24-7-5-21/h8,11H,4-7,9-10H2,1-3H3,(H,18,19,20). The Morgan fingerprint density at radius 1 is 1.32 bits per heavy atom. The Balaban J connectivity index is 1.55. The predicted octanol–water partition coefficient (Wildman–Crippen LogP) is 2.00. The number of nitrogens with zero attached hydrogens (tertiary/aromatic N) is 4. The van der Waals surface area contributed by atoms with Gasteiger partial charge in [0.15, 0.2) is 0 Å². The molecule has 0 aromatic carbocycles. The predicted molar refractivity (Wildman–Crippen MR) is 95.3 cm³/mol. The fraction of sp³-hybridized carbons (Fsp3) is 0.688. The van der Waals surface area contributed by atoms with E-state index in [2.05, 4.69) is 20.2 Å². The van der Waals surface area contributed by atoms with Gasteiger partial charge in [-0.15, -0.1) is 0 Å². The first-order chi connectivity index (χ1) is 11.8. The molecule has 0 aliphatic carbocycles. The second-order valence-corrected chi connectivity index (χ2v) is 7.59. The molecule has 0 radical (unpaired) electrons. The number of carbonyl (C=O) groups is 1. The summed E-state index contributed by atoms with van der Waals surface area (Å²) in [6.45, 7) is 9.59. The van der Waals surface area contributed by atoms with Crippen LogP contribution in [0.5, 0.6) is 0 Å². The molecule has 0 bridgehead atoms. The van der Waals surface area contributed by atoms with E-state index < -0.39 is 5.60 Å². The normalized spacial score (nSPS) is 18.7. The number of nitrogens with one attached hydrogen (secondary N) is 1. The lowest BCUT2D eigenvalue weighted by atomic mass is 10.1. The summed E-state index contributed by atoms with van der Waals surface area (Å²) >= 11 is 6.13. The quantitative estimate of drug-likeness (QED) is 0.816. The van der Waals surface area contributed by atoms with Gasteiger partial charge in [0.05, 0.1) is 19.3 Å². The van der Waals surface area contributed by atoms with Crippen molar-refractivity contribution < 1.29 is 14.3 Å². The van der Waals surface area contributed by atoms with E-state index in [-0.39, 0.29) is 12.1 Å². The van der Waals surface area contributed by atoms with Crippen molar-refractivity contribution in [3.63, 3.8) is 0 Å². The number of aromatic nitrogens is 2.